The topological polar surface area (TPSA) is 0 Å². The predicted molar refractivity (Wildman–Crippen MR) is 74.5 cm³/mol. The molecule has 15 heavy (non-hydrogen) atoms. The molecular formula is C12H14S3. The van der Waals surface area contributed by atoms with Crippen LogP contribution in [0.15, 0.2) is 44.4 Å². The minimum absolute atomic E-state index is 1.29. The standard InChI is InChI=1S/C12H14S3/c1-10(12-13-8-5-9-14-12)15-11-6-3-2-4-7-11/h2-4,6-7H,5,8-9H2,1H3. The molecule has 1 aromatic carbocycles. The van der Waals surface area contributed by atoms with E-state index >= 15 is 0 Å². The monoisotopic (exact) mass is 254 g/mol. The van der Waals surface area contributed by atoms with Crippen molar-refractivity contribution in [1.82, 2.24) is 0 Å². The first-order chi connectivity index (χ1) is 7.36. The summed E-state index contributed by atoms with van der Waals surface area (Å²) in [6.07, 6.45) is 1.35. The van der Waals surface area contributed by atoms with Crippen LogP contribution in [-0.4, -0.2) is 11.5 Å². The molecule has 0 saturated carbocycles. The van der Waals surface area contributed by atoms with E-state index in [0.29, 0.717) is 0 Å². The second-order valence-corrected chi connectivity index (χ2v) is 7.07. The van der Waals surface area contributed by atoms with Gasteiger partial charge in [-0.3, -0.25) is 0 Å². The van der Waals surface area contributed by atoms with E-state index in [0.717, 1.165) is 0 Å². The fourth-order valence-electron chi connectivity index (χ4n) is 1.34. The van der Waals surface area contributed by atoms with E-state index < -0.39 is 0 Å². The summed E-state index contributed by atoms with van der Waals surface area (Å²) in [4.78, 5) is 2.80. The minimum Gasteiger partial charge on any atom is -0.118 e. The molecule has 0 aliphatic carbocycles. The molecule has 1 fully saturated rings. The maximum atomic E-state index is 2.23. The number of allylic oxidation sites excluding steroid dienone is 1. The van der Waals surface area contributed by atoms with Crippen molar-refractivity contribution in [2.45, 2.75) is 18.2 Å². The summed E-state index contributed by atoms with van der Waals surface area (Å²) < 4.78 is 1.52. The molecule has 0 N–H and O–H groups in total. The molecule has 0 spiro atoms. The summed E-state index contributed by atoms with van der Waals surface area (Å²) in [6.45, 7) is 2.23. The Bertz CT molecular complexity index is 335. The van der Waals surface area contributed by atoms with Crippen molar-refractivity contribution in [1.29, 1.82) is 0 Å². The maximum Gasteiger partial charge on any atom is 0.0497 e. The van der Waals surface area contributed by atoms with Crippen LogP contribution in [0.5, 0.6) is 0 Å². The molecule has 0 bridgehead atoms. The summed E-state index contributed by atoms with van der Waals surface area (Å²) in [5.41, 5.74) is 0. The average molecular weight is 254 g/mol. The molecule has 0 unspecified atom stereocenters. The number of thioether (sulfide) groups is 3. The van der Waals surface area contributed by atoms with Crippen LogP contribution >= 0.6 is 35.3 Å². The molecule has 1 aromatic rings. The number of hydrogen-bond donors (Lipinski definition) is 0. The van der Waals surface area contributed by atoms with Crippen LogP contribution in [0, 0.1) is 0 Å². The van der Waals surface area contributed by atoms with Gasteiger partial charge in [-0.1, -0.05) is 30.0 Å². The second kappa shape index (κ2) is 5.92. The third-order valence-corrected chi connectivity index (χ3v) is 6.16. The SMILES string of the molecule is CC(Sc1ccccc1)=C1SCCCS1. The van der Waals surface area contributed by atoms with Crippen LogP contribution in [0.1, 0.15) is 13.3 Å². The van der Waals surface area contributed by atoms with E-state index in [1.54, 1.807) is 0 Å². The Kier molecular flexibility index (Phi) is 4.54. The fraction of sp³-hybridized carbons (Fsp3) is 0.333. The van der Waals surface area contributed by atoms with Gasteiger partial charge in [-0.15, -0.1) is 23.5 Å². The van der Waals surface area contributed by atoms with Crippen molar-refractivity contribution in [3.63, 3.8) is 0 Å². The summed E-state index contributed by atoms with van der Waals surface area (Å²) >= 11 is 5.91. The van der Waals surface area contributed by atoms with Gasteiger partial charge >= 0.3 is 0 Å². The first-order valence-corrected chi connectivity index (χ1v) is 7.84. The van der Waals surface area contributed by atoms with E-state index in [2.05, 4.69) is 37.3 Å². The van der Waals surface area contributed by atoms with Gasteiger partial charge in [0.15, 0.2) is 0 Å². The van der Waals surface area contributed by atoms with Crippen LogP contribution in [0.25, 0.3) is 0 Å². The summed E-state index contributed by atoms with van der Waals surface area (Å²) in [6, 6.07) is 10.6. The summed E-state index contributed by atoms with van der Waals surface area (Å²) in [5, 5.41) is 0. The third kappa shape index (κ3) is 3.51. The van der Waals surface area contributed by atoms with Crippen molar-refractivity contribution < 1.29 is 0 Å². The highest BCUT2D eigenvalue weighted by Crippen LogP contribution is 2.42. The first kappa shape index (κ1) is 11.5. The Morgan fingerprint density at radius 2 is 1.80 bits per heavy atom. The van der Waals surface area contributed by atoms with Crippen molar-refractivity contribution in [2.24, 2.45) is 0 Å². The normalized spacial score (nSPS) is 16.5. The highest BCUT2D eigenvalue weighted by Gasteiger charge is 2.10. The Labute approximate surface area is 104 Å². The van der Waals surface area contributed by atoms with Crippen LogP contribution in [0.2, 0.25) is 0 Å². The van der Waals surface area contributed by atoms with Crippen molar-refractivity contribution in [2.75, 3.05) is 11.5 Å². The van der Waals surface area contributed by atoms with Gasteiger partial charge in [0, 0.05) is 14.0 Å². The Morgan fingerprint density at radius 1 is 1.13 bits per heavy atom. The van der Waals surface area contributed by atoms with Crippen LogP contribution < -0.4 is 0 Å². The largest absolute Gasteiger partial charge is 0.118 e. The molecule has 2 rings (SSSR count). The van der Waals surface area contributed by atoms with Crippen LogP contribution in [0.4, 0.5) is 0 Å². The van der Waals surface area contributed by atoms with Gasteiger partial charge in [-0.25, -0.2) is 0 Å². The minimum atomic E-state index is 1.29. The Hall–Kier alpha value is 0.01000. The quantitative estimate of drug-likeness (QED) is 0.693. The molecule has 0 atom stereocenters. The molecule has 1 heterocycles. The zero-order chi connectivity index (χ0) is 10.5. The number of hydrogen-bond acceptors (Lipinski definition) is 3. The van der Waals surface area contributed by atoms with Gasteiger partial charge in [0.05, 0.1) is 0 Å². The van der Waals surface area contributed by atoms with Crippen molar-refractivity contribution in [3.8, 4) is 0 Å². The van der Waals surface area contributed by atoms with Crippen molar-refractivity contribution in [3.05, 3.63) is 39.5 Å². The predicted octanol–water partition coefficient (Wildman–Crippen LogP) is 4.84. The fourth-order valence-corrected chi connectivity index (χ4v) is 5.04. The highest BCUT2D eigenvalue weighted by atomic mass is 32.2. The van der Waals surface area contributed by atoms with Crippen LogP contribution in [0.3, 0.4) is 0 Å². The van der Waals surface area contributed by atoms with E-state index in [-0.39, 0.29) is 0 Å². The zero-order valence-electron chi connectivity index (χ0n) is 8.73. The first-order valence-electron chi connectivity index (χ1n) is 5.05. The molecule has 1 aliphatic heterocycles. The van der Waals surface area contributed by atoms with E-state index in [9.17, 15) is 0 Å². The number of rotatable bonds is 2. The molecule has 80 valence electrons. The lowest BCUT2D eigenvalue weighted by molar-refractivity contribution is 1.12. The van der Waals surface area contributed by atoms with Gasteiger partial charge in [-0.2, -0.15) is 0 Å². The summed E-state index contributed by atoms with van der Waals surface area (Å²) in [7, 11) is 0. The molecule has 3 heteroatoms. The lowest BCUT2D eigenvalue weighted by Gasteiger charge is -2.15. The molecular weight excluding hydrogens is 240 g/mol. The Balaban J connectivity index is 2.05. The Morgan fingerprint density at radius 3 is 2.47 bits per heavy atom. The number of benzene rings is 1. The molecule has 1 saturated heterocycles. The van der Waals surface area contributed by atoms with Gasteiger partial charge in [0.25, 0.3) is 0 Å². The van der Waals surface area contributed by atoms with Gasteiger partial charge in [0.1, 0.15) is 0 Å². The van der Waals surface area contributed by atoms with E-state index in [1.165, 1.54) is 32.0 Å². The van der Waals surface area contributed by atoms with Crippen molar-refractivity contribution >= 4 is 35.3 Å². The molecule has 0 amide bonds. The third-order valence-electron chi connectivity index (χ3n) is 2.06. The second-order valence-electron chi connectivity index (χ2n) is 3.31. The molecule has 0 radical (unpaired) electrons. The van der Waals surface area contributed by atoms with E-state index in [1.807, 2.05) is 35.3 Å². The lowest BCUT2D eigenvalue weighted by Crippen LogP contribution is -1.92. The zero-order valence-corrected chi connectivity index (χ0v) is 11.2. The molecule has 0 aromatic heterocycles. The lowest BCUT2D eigenvalue weighted by atomic mass is 10.4. The van der Waals surface area contributed by atoms with Gasteiger partial charge < -0.3 is 0 Å². The smallest absolute Gasteiger partial charge is 0.0497 e. The van der Waals surface area contributed by atoms with Gasteiger partial charge in [-0.05, 0) is 37.0 Å². The van der Waals surface area contributed by atoms with E-state index in [4.69, 9.17) is 0 Å². The molecule has 0 nitrogen and oxygen atoms in total. The van der Waals surface area contributed by atoms with Crippen LogP contribution in [-0.2, 0) is 0 Å². The maximum absolute atomic E-state index is 2.23. The molecule has 1 aliphatic rings. The van der Waals surface area contributed by atoms with Gasteiger partial charge in [0.2, 0.25) is 0 Å². The summed E-state index contributed by atoms with van der Waals surface area (Å²) in [5.74, 6) is 2.57. The highest BCUT2D eigenvalue weighted by molar-refractivity contribution is 8.23. The average Bonchev–Trinajstić information content (AvgIpc) is 2.31.